The molecule has 1 saturated heterocycles. The number of hydrogen-bond acceptors (Lipinski definition) is 3. The van der Waals surface area contributed by atoms with Crippen LogP contribution in [0.5, 0.6) is 0 Å². The summed E-state index contributed by atoms with van der Waals surface area (Å²) in [5, 5.41) is 0.475. The monoisotopic (exact) mass is 408 g/mol. The summed E-state index contributed by atoms with van der Waals surface area (Å²) < 4.78 is 42.6. The van der Waals surface area contributed by atoms with Crippen LogP contribution in [0.25, 0.3) is 0 Å². The van der Waals surface area contributed by atoms with Gasteiger partial charge in [0.1, 0.15) is 5.82 Å². The van der Waals surface area contributed by atoms with Gasteiger partial charge >= 0.3 is 0 Å². The molecule has 1 aliphatic heterocycles. The van der Waals surface area contributed by atoms with Crippen LogP contribution in [0.15, 0.2) is 53.4 Å². The van der Waals surface area contributed by atoms with Crippen molar-refractivity contribution in [3.8, 4) is 0 Å². The summed E-state index contributed by atoms with van der Waals surface area (Å²) in [6.45, 7) is 0. The lowest BCUT2D eigenvalue weighted by Crippen LogP contribution is -2.55. The van der Waals surface area contributed by atoms with Gasteiger partial charge in [-0.05, 0) is 74.1 Å². The Bertz CT molecular complexity index is 945. The second kappa shape index (κ2) is 6.85. The largest absolute Gasteiger partial charge is 0.324 e. The third-order valence-corrected chi connectivity index (χ3v) is 7.87. The van der Waals surface area contributed by atoms with E-state index in [-0.39, 0.29) is 16.8 Å². The van der Waals surface area contributed by atoms with E-state index in [1.165, 1.54) is 24.3 Å². The topological polar surface area (TPSA) is 63.4 Å². The number of nitrogens with zero attached hydrogens (tertiary/aromatic N) is 1. The molecule has 2 aromatic rings. The molecule has 27 heavy (non-hydrogen) atoms. The highest BCUT2D eigenvalue weighted by Crippen LogP contribution is 2.48. The van der Waals surface area contributed by atoms with Gasteiger partial charge in [0.05, 0.1) is 10.9 Å². The van der Waals surface area contributed by atoms with Gasteiger partial charge in [0.25, 0.3) is 0 Å². The highest BCUT2D eigenvalue weighted by molar-refractivity contribution is 7.89. The molecule has 1 saturated carbocycles. The second-order valence-electron chi connectivity index (χ2n) is 7.54. The van der Waals surface area contributed by atoms with Crippen LogP contribution in [-0.2, 0) is 10.0 Å². The van der Waals surface area contributed by atoms with Crippen LogP contribution < -0.4 is 5.73 Å². The molecule has 0 spiro atoms. The Balaban J connectivity index is 1.82. The lowest BCUT2D eigenvalue weighted by Gasteiger charge is -2.44. The van der Waals surface area contributed by atoms with E-state index < -0.39 is 21.6 Å². The molecule has 2 atom stereocenters. The third kappa shape index (κ3) is 3.51. The zero-order valence-electron chi connectivity index (χ0n) is 14.8. The van der Waals surface area contributed by atoms with Crippen LogP contribution >= 0.6 is 11.6 Å². The molecule has 144 valence electrons. The minimum absolute atomic E-state index is 0.185. The molecule has 0 amide bonds. The van der Waals surface area contributed by atoms with Gasteiger partial charge in [-0.1, -0.05) is 23.7 Å². The van der Waals surface area contributed by atoms with E-state index >= 15 is 0 Å². The zero-order valence-corrected chi connectivity index (χ0v) is 16.4. The summed E-state index contributed by atoms with van der Waals surface area (Å²) in [4.78, 5) is 0.185. The van der Waals surface area contributed by atoms with E-state index in [0.717, 1.165) is 25.7 Å². The summed E-state index contributed by atoms with van der Waals surface area (Å²) in [5.74, 6) is -0.368. The molecule has 7 heteroatoms. The van der Waals surface area contributed by atoms with Crippen LogP contribution in [0.1, 0.15) is 43.7 Å². The van der Waals surface area contributed by atoms with Crippen LogP contribution in [0.2, 0.25) is 5.02 Å². The fourth-order valence-corrected chi connectivity index (χ4v) is 6.15. The molecule has 2 N–H and O–H groups in total. The first kappa shape index (κ1) is 18.9. The third-order valence-electron chi connectivity index (χ3n) is 5.68. The Morgan fingerprint density at radius 2 is 1.81 bits per heavy atom. The van der Waals surface area contributed by atoms with Crippen LogP contribution in [0.4, 0.5) is 4.39 Å². The van der Waals surface area contributed by atoms with Gasteiger partial charge in [-0.25, -0.2) is 12.8 Å². The number of halogens is 2. The molecule has 2 fully saturated rings. The first-order chi connectivity index (χ1) is 12.8. The molecule has 4 nitrogen and oxygen atoms in total. The van der Waals surface area contributed by atoms with Gasteiger partial charge in [-0.3, -0.25) is 0 Å². The van der Waals surface area contributed by atoms with Crippen molar-refractivity contribution in [1.29, 1.82) is 0 Å². The maximum absolute atomic E-state index is 13.8. The van der Waals surface area contributed by atoms with Crippen molar-refractivity contribution in [2.45, 2.75) is 54.6 Å². The molecule has 2 aliphatic rings. The summed E-state index contributed by atoms with van der Waals surface area (Å²) in [6, 6.07) is 11.7. The molecule has 0 unspecified atom stereocenters. The van der Waals surface area contributed by atoms with Gasteiger partial charge in [-0.2, -0.15) is 4.31 Å². The maximum atomic E-state index is 13.8. The molecule has 1 heterocycles. The molecular formula is C20H22ClFN2O2S. The normalized spacial score (nSPS) is 25.3. The fraction of sp³-hybridized carbons (Fsp3) is 0.400. The van der Waals surface area contributed by atoms with Crippen molar-refractivity contribution in [3.63, 3.8) is 0 Å². The summed E-state index contributed by atoms with van der Waals surface area (Å²) >= 11 is 5.93. The van der Waals surface area contributed by atoms with Crippen LogP contribution in [0, 0.1) is 5.82 Å². The summed E-state index contributed by atoms with van der Waals surface area (Å²) in [7, 11) is -3.81. The Morgan fingerprint density at radius 3 is 2.44 bits per heavy atom. The number of hydrogen-bond donors (Lipinski definition) is 1. The average Bonchev–Trinajstić information content (AvgIpc) is 3.40. The first-order valence-electron chi connectivity index (χ1n) is 9.15. The lowest BCUT2D eigenvalue weighted by atomic mass is 9.89. The van der Waals surface area contributed by atoms with E-state index in [9.17, 15) is 12.8 Å². The van der Waals surface area contributed by atoms with E-state index in [4.69, 9.17) is 17.3 Å². The second-order valence-corrected chi connectivity index (χ2v) is 9.82. The van der Waals surface area contributed by atoms with Crippen molar-refractivity contribution in [2.24, 2.45) is 5.73 Å². The minimum atomic E-state index is -3.81. The predicted octanol–water partition coefficient (Wildman–Crippen LogP) is 4.25. The van der Waals surface area contributed by atoms with Gasteiger partial charge in [-0.15, -0.1) is 0 Å². The molecule has 2 aromatic carbocycles. The SMILES string of the molecule is NC1([C@H]2CCC[C@@H](c3cccc(F)c3)N2S(=O)(=O)c2ccc(Cl)cc2)CC1. The number of benzene rings is 2. The highest BCUT2D eigenvalue weighted by Gasteiger charge is 2.54. The van der Waals surface area contributed by atoms with Crippen LogP contribution in [-0.4, -0.2) is 24.3 Å². The minimum Gasteiger partial charge on any atom is -0.324 e. The smallest absolute Gasteiger partial charge is 0.243 e. The molecule has 4 rings (SSSR count). The molecule has 1 aliphatic carbocycles. The zero-order chi connectivity index (χ0) is 19.2. The number of nitrogens with two attached hydrogens (primary N) is 1. The van der Waals surface area contributed by atoms with E-state index in [0.29, 0.717) is 17.0 Å². The number of sulfonamides is 1. The number of rotatable bonds is 4. The standard InChI is InChI=1S/C20H22ClFN2O2S/c21-15-7-9-17(10-8-15)27(25,26)24-18(14-3-1-4-16(22)13-14)5-2-6-19(24)20(23)11-12-20/h1,3-4,7-10,13,18-19H,2,5-6,11-12,23H2/t18-,19+/m0/s1. The Morgan fingerprint density at radius 1 is 1.11 bits per heavy atom. The Kier molecular flexibility index (Phi) is 4.79. The summed E-state index contributed by atoms with van der Waals surface area (Å²) in [5.41, 5.74) is 6.65. The quantitative estimate of drug-likeness (QED) is 0.822. The van der Waals surface area contributed by atoms with Crippen molar-refractivity contribution in [2.75, 3.05) is 0 Å². The van der Waals surface area contributed by atoms with Crippen molar-refractivity contribution in [1.82, 2.24) is 4.31 Å². The maximum Gasteiger partial charge on any atom is 0.243 e. The molecular weight excluding hydrogens is 387 g/mol. The number of piperidine rings is 1. The van der Waals surface area contributed by atoms with Gasteiger partial charge in [0, 0.05) is 16.6 Å². The van der Waals surface area contributed by atoms with Gasteiger partial charge < -0.3 is 5.73 Å². The predicted molar refractivity (Wildman–Crippen MR) is 103 cm³/mol. The Labute approximate surface area is 164 Å². The molecule has 0 radical (unpaired) electrons. The van der Waals surface area contributed by atoms with Gasteiger partial charge in [0.2, 0.25) is 10.0 Å². The first-order valence-corrected chi connectivity index (χ1v) is 11.0. The molecule has 0 aromatic heterocycles. The van der Waals surface area contributed by atoms with E-state index in [2.05, 4.69) is 0 Å². The van der Waals surface area contributed by atoms with Crippen molar-refractivity contribution < 1.29 is 12.8 Å². The van der Waals surface area contributed by atoms with Crippen LogP contribution in [0.3, 0.4) is 0 Å². The fourth-order valence-electron chi connectivity index (χ4n) is 4.09. The van der Waals surface area contributed by atoms with E-state index in [1.807, 2.05) is 0 Å². The lowest BCUT2D eigenvalue weighted by molar-refractivity contribution is 0.150. The van der Waals surface area contributed by atoms with E-state index in [1.54, 1.807) is 28.6 Å². The molecule has 0 bridgehead atoms. The van der Waals surface area contributed by atoms with Gasteiger partial charge in [0.15, 0.2) is 0 Å². The van der Waals surface area contributed by atoms with Crippen molar-refractivity contribution >= 4 is 21.6 Å². The average molecular weight is 409 g/mol. The van der Waals surface area contributed by atoms with Crippen molar-refractivity contribution in [3.05, 3.63) is 64.9 Å². The summed E-state index contributed by atoms with van der Waals surface area (Å²) in [6.07, 6.45) is 3.83. The highest BCUT2D eigenvalue weighted by atomic mass is 35.5. The Hall–Kier alpha value is -1.47.